The molecule has 134 valence electrons. The quantitative estimate of drug-likeness (QED) is 0.672. The van der Waals surface area contributed by atoms with E-state index in [2.05, 4.69) is 0 Å². The van der Waals surface area contributed by atoms with E-state index < -0.39 is 0 Å². The number of aliphatic hydroxyl groups is 1. The van der Waals surface area contributed by atoms with Gasteiger partial charge in [-0.05, 0) is 53.1 Å². The Morgan fingerprint density at radius 1 is 0.615 bits per heavy atom. The molecule has 0 aliphatic rings. The molecule has 0 heterocycles. The zero-order valence-electron chi connectivity index (χ0n) is 14.0. The molecule has 26 heavy (non-hydrogen) atoms. The van der Waals surface area contributed by atoms with Gasteiger partial charge in [-0.1, -0.05) is 24.3 Å². The monoisotopic (exact) mass is 356 g/mol. The lowest BCUT2D eigenvalue weighted by Gasteiger charge is -2.12. The maximum absolute atomic E-state index is 12.9. The fourth-order valence-corrected chi connectivity index (χ4v) is 2.38. The Morgan fingerprint density at radius 2 is 1.04 bits per heavy atom. The molecule has 0 aliphatic heterocycles. The molecule has 0 aliphatic carbocycles. The second kappa shape index (κ2) is 8.45. The molecule has 0 atom stereocenters. The van der Waals surface area contributed by atoms with Crippen LogP contribution in [0.3, 0.4) is 0 Å². The number of benzene rings is 3. The highest BCUT2D eigenvalue weighted by atomic mass is 19.1. The van der Waals surface area contributed by atoms with Crippen molar-refractivity contribution in [3.05, 3.63) is 95.1 Å². The van der Waals surface area contributed by atoms with Gasteiger partial charge in [-0.3, -0.25) is 0 Å². The van der Waals surface area contributed by atoms with Crippen LogP contribution < -0.4 is 9.47 Å². The van der Waals surface area contributed by atoms with E-state index in [-0.39, 0.29) is 31.5 Å². The van der Waals surface area contributed by atoms with Gasteiger partial charge < -0.3 is 14.6 Å². The molecule has 0 unspecified atom stereocenters. The van der Waals surface area contributed by atoms with Crippen LogP contribution >= 0.6 is 0 Å². The second-order valence-corrected chi connectivity index (χ2v) is 5.80. The van der Waals surface area contributed by atoms with Gasteiger partial charge in [-0.25, -0.2) is 8.78 Å². The standard InChI is InChI=1S/C21H18F2O3/c22-18-5-1-15(2-6-18)13-25-20-9-17(12-24)10-21(11-20)26-14-16-3-7-19(23)8-4-16/h1-11,24H,12-14H2. The van der Waals surface area contributed by atoms with Gasteiger partial charge in [0.05, 0.1) is 6.61 Å². The van der Waals surface area contributed by atoms with E-state index in [9.17, 15) is 13.9 Å². The Kier molecular flexibility index (Phi) is 5.81. The number of rotatable bonds is 7. The van der Waals surface area contributed by atoms with Gasteiger partial charge in [0, 0.05) is 6.07 Å². The van der Waals surface area contributed by atoms with E-state index in [0.29, 0.717) is 17.1 Å². The minimum Gasteiger partial charge on any atom is -0.489 e. The highest BCUT2D eigenvalue weighted by molar-refractivity contribution is 5.38. The van der Waals surface area contributed by atoms with Crippen molar-refractivity contribution < 1.29 is 23.4 Å². The van der Waals surface area contributed by atoms with Crippen LogP contribution in [-0.2, 0) is 19.8 Å². The predicted octanol–water partition coefficient (Wildman–Crippen LogP) is 4.62. The summed E-state index contributed by atoms with van der Waals surface area (Å²) in [6.07, 6.45) is 0. The molecule has 5 heteroatoms. The van der Waals surface area contributed by atoms with Gasteiger partial charge in [0.15, 0.2) is 0 Å². The van der Waals surface area contributed by atoms with Crippen LogP contribution in [0.1, 0.15) is 16.7 Å². The summed E-state index contributed by atoms with van der Waals surface area (Å²) in [5.74, 6) is 0.477. The number of ether oxygens (including phenoxy) is 2. The zero-order valence-corrected chi connectivity index (χ0v) is 14.0. The summed E-state index contributed by atoms with van der Waals surface area (Å²) in [6, 6.07) is 17.2. The van der Waals surface area contributed by atoms with E-state index in [4.69, 9.17) is 9.47 Å². The topological polar surface area (TPSA) is 38.7 Å². The van der Waals surface area contributed by atoms with Crippen molar-refractivity contribution in [2.24, 2.45) is 0 Å². The molecule has 3 aromatic carbocycles. The number of aliphatic hydroxyl groups excluding tert-OH is 1. The normalized spacial score (nSPS) is 10.6. The third-order valence-electron chi connectivity index (χ3n) is 3.76. The van der Waals surface area contributed by atoms with Crippen LogP contribution in [0.2, 0.25) is 0 Å². The maximum Gasteiger partial charge on any atom is 0.123 e. The van der Waals surface area contributed by atoms with Crippen LogP contribution in [0.4, 0.5) is 8.78 Å². The molecule has 0 radical (unpaired) electrons. The van der Waals surface area contributed by atoms with Crippen molar-refractivity contribution >= 4 is 0 Å². The minimum absolute atomic E-state index is 0.152. The molecule has 0 spiro atoms. The van der Waals surface area contributed by atoms with Crippen molar-refractivity contribution in [1.29, 1.82) is 0 Å². The van der Waals surface area contributed by atoms with Crippen molar-refractivity contribution in [1.82, 2.24) is 0 Å². The molecule has 3 aromatic rings. The van der Waals surface area contributed by atoms with Gasteiger partial charge in [-0.15, -0.1) is 0 Å². The summed E-state index contributed by atoms with van der Waals surface area (Å²) < 4.78 is 37.3. The first kappa shape index (κ1) is 17.9. The van der Waals surface area contributed by atoms with Gasteiger partial charge in [0.2, 0.25) is 0 Å². The van der Waals surface area contributed by atoms with Gasteiger partial charge in [0.1, 0.15) is 36.3 Å². The lowest BCUT2D eigenvalue weighted by atomic mass is 10.2. The first-order chi connectivity index (χ1) is 12.6. The minimum atomic E-state index is -0.299. The van der Waals surface area contributed by atoms with Crippen molar-refractivity contribution in [3.8, 4) is 11.5 Å². The Bertz CT molecular complexity index is 778. The average molecular weight is 356 g/mol. The highest BCUT2D eigenvalue weighted by Gasteiger charge is 2.05. The largest absolute Gasteiger partial charge is 0.489 e. The molecule has 0 amide bonds. The van der Waals surface area contributed by atoms with E-state index in [0.717, 1.165) is 11.1 Å². The SMILES string of the molecule is OCc1cc(OCc2ccc(F)cc2)cc(OCc2ccc(F)cc2)c1. The van der Waals surface area contributed by atoms with E-state index in [1.165, 1.54) is 24.3 Å². The average Bonchev–Trinajstić information content (AvgIpc) is 2.67. The summed E-state index contributed by atoms with van der Waals surface area (Å²) in [5, 5.41) is 9.42. The Morgan fingerprint density at radius 3 is 1.42 bits per heavy atom. The molecule has 1 N–H and O–H groups in total. The van der Waals surface area contributed by atoms with Gasteiger partial charge >= 0.3 is 0 Å². The lowest BCUT2D eigenvalue weighted by Crippen LogP contribution is -1.99. The second-order valence-electron chi connectivity index (χ2n) is 5.80. The molecular weight excluding hydrogens is 338 g/mol. The van der Waals surface area contributed by atoms with Crippen molar-refractivity contribution in [2.45, 2.75) is 19.8 Å². The molecule has 0 aromatic heterocycles. The van der Waals surface area contributed by atoms with E-state index >= 15 is 0 Å². The zero-order chi connectivity index (χ0) is 18.4. The molecule has 3 nitrogen and oxygen atoms in total. The number of hydrogen-bond acceptors (Lipinski definition) is 3. The summed E-state index contributed by atoms with van der Waals surface area (Å²) in [6.45, 7) is 0.389. The first-order valence-electron chi connectivity index (χ1n) is 8.12. The van der Waals surface area contributed by atoms with Crippen LogP contribution in [0, 0.1) is 11.6 Å². The van der Waals surface area contributed by atoms with Crippen molar-refractivity contribution in [2.75, 3.05) is 0 Å². The van der Waals surface area contributed by atoms with Crippen LogP contribution in [0.15, 0.2) is 66.7 Å². The number of hydrogen-bond donors (Lipinski definition) is 1. The van der Waals surface area contributed by atoms with E-state index in [1.807, 2.05) is 0 Å². The third-order valence-corrected chi connectivity index (χ3v) is 3.76. The molecular formula is C21H18F2O3. The highest BCUT2D eigenvalue weighted by Crippen LogP contribution is 2.25. The molecule has 0 bridgehead atoms. The molecule has 0 fully saturated rings. The van der Waals surface area contributed by atoms with Crippen LogP contribution in [0.5, 0.6) is 11.5 Å². The summed E-state index contributed by atoms with van der Waals surface area (Å²) >= 11 is 0. The van der Waals surface area contributed by atoms with E-state index in [1.54, 1.807) is 42.5 Å². The van der Waals surface area contributed by atoms with Crippen LogP contribution in [-0.4, -0.2) is 5.11 Å². The fourth-order valence-electron chi connectivity index (χ4n) is 2.38. The van der Waals surface area contributed by atoms with Crippen LogP contribution in [0.25, 0.3) is 0 Å². The maximum atomic E-state index is 12.9. The molecule has 3 rings (SSSR count). The lowest BCUT2D eigenvalue weighted by molar-refractivity contribution is 0.271. The summed E-state index contributed by atoms with van der Waals surface area (Å²) in [5.41, 5.74) is 2.31. The van der Waals surface area contributed by atoms with Gasteiger partial charge in [-0.2, -0.15) is 0 Å². The Labute approximate surface area is 150 Å². The van der Waals surface area contributed by atoms with Gasteiger partial charge in [0.25, 0.3) is 0 Å². The summed E-state index contributed by atoms with van der Waals surface area (Å²) in [7, 11) is 0. The molecule has 0 saturated heterocycles. The molecule has 0 saturated carbocycles. The first-order valence-corrected chi connectivity index (χ1v) is 8.12. The summed E-state index contributed by atoms with van der Waals surface area (Å²) in [4.78, 5) is 0. The number of halogens is 2. The smallest absolute Gasteiger partial charge is 0.123 e. The third kappa shape index (κ3) is 5.04. The fraction of sp³-hybridized carbons (Fsp3) is 0.143. The predicted molar refractivity (Wildman–Crippen MR) is 93.8 cm³/mol. The Hall–Kier alpha value is -2.92. The Balaban J connectivity index is 1.67. The van der Waals surface area contributed by atoms with Crippen molar-refractivity contribution in [3.63, 3.8) is 0 Å².